The molecule has 2 aromatic rings. The molecule has 0 amide bonds. The number of H-pyrrole nitrogens is 1. The summed E-state index contributed by atoms with van der Waals surface area (Å²) in [6.07, 6.45) is 4.45. The third-order valence-electron chi connectivity index (χ3n) is 4.67. The normalized spacial score (nSPS) is 17.4. The Labute approximate surface area is 151 Å². The summed E-state index contributed by atoms with van der Waals surface area (Å²) < 4.78 is 0. The van der Waals surface area contributed by atoms with Gasteiger partial charge < -0.3 is 10.2 Å². The number of hydrogen-bond donors (Lipinski definition) is 2. The van der Waals surface area contributed by atoms with Crippen molar-refractivity contribution in [3.8, 4) is 0 Å². The van der Waals surface area contributed by atoms with E-state index in [-0.39, 0.29) is 17.6 Å². The molecular formula is C16H25N7OS. The average Bonchev–Trinajstić information content (AvgIpc) is 3.30. The lowest BCUT2D eigenvalue weighted by Gasteiger charge is -2.26. The van der Waals surface area contributed by atoms with Gasteiger partial charge in [-0.05, 0) is 30.2 Å². The van der Waals surface area contributed by atoms with Gasteiger partial charge in [-0.2, -0.15) is 0 Å². The van der Waals surface area contributed by atoms with Crippen molar-refractivity contribution < 1.29 is 4.79 Å². The lowest BCUT2D eigenvalue weighted by Crippen LogP contribution is -2.43. The molecular weight excluding hydrogens is 338 g/mol. The maximum Gasteiger partial charge on any atom is 0.185 e. The minimum absolute atomic E-state index is 0.0382. The second-order valence-corrected chi connectivity index (χ2v) is 7.54. The number of carbonyl (C=O) groups excluding carboxylic acids is 1. The van der Waals surface area contributed by atoms with E-state index in [9.17, 15) is 4.79 Å². The van der Waals surface area contributed by atoms with E-state index in [0.29, 0.717) is 5.82 Å². The van der Waals surface area contributed by atoms with Crippen LogP contribution in [0.4, 0.5) is 5.13 Å². The van der Waals surface area contributed by atoms with Crippen LogP contribution in [0, 0.1) is 5.92 Å². The number of aromatic amines is 1. The molecule has 2 atom stereocenters. The predicted octanol–water partition coefficient (Wildman–Crippen LogP) is 1.40. The zero-order chi connectivity index (χ0) is 17.6. The van der Waals surface area contributed by atoms with Crippen LogP contribution in [0.5, 0.6) is 0 Å². The summed E-state index contributed by atoms with van der Waals surface area (Å²) in [5.74, 6) is 0.758. The maximum atomic E-state index is 12.2. The molecule has 0 radical (unpaired) electrons. The van der Waals surface area contributed by atoms with Crippen LogP contribution in [0.1, 0.15) is 43.3 Å². The highest BCUT2D eigenvalue weighted by Crippen LogP contribution is 2.33. The van der Waals surface area contributed by atoms with Gasteiger partial charge in [-0.3, -0.25) is 4.79 Å². The second-order valence-electron chi connectivity index (χ2n) is 6.45. The highest BCUT2D eigenvalue weighted by atomic mass is 32.1. The van der Waals surface area contributed by atoms with Crippen LogP contribution in [-0.4, -0.2) is 57.6 Å². The van der Waals surface area contributed by atoms with Gasteiger partial charge >= 0.3 is 0 Å². The molecule has 136 valence electrons. The first-order chi connectivity index (χ1) is 12.2. The molecule has 1 aliphatic rings. The van der Waals surface area contributed by atoms with Crippen molar-refractivity contribution in [2.45, 2.75) is 39.0 Å². The summed E-state index contributed by atoms with van der Waals surface area (Å²) in [5.41, 5.74) is 0. The zero-order valence-electron chi connectivity index (χ0n) is 14.7. The highest BCUT2D eigenvalue weighted by Gasteiger charge is 2.30. The standard InChI is InChI=1S/C16H25N7OS/c1-3-4-13(11(2)24)14(15-19-21-22-20-15)9-12-10-18-16(25-12)23-7-5-17-6-8-23/h10,13-14,17H,3-9H2,1-2H3,(H,19,20,21,22)/t13-,14+/m1/s1. The lowest BCUT2D eigenvalue weighted by molar-refractivity contribution is -0.121. The number of nitrogens with one attached hydrogen (secondary N) is 2. The molecule has 8 nitrogen and oxygen atoms in total. The molecule has 2 N–H and O–H groups in total. The molecule has 0 aliphatic carbocycles. The number of aromatic nitrogens is 5. The van der Waals surface area contributed by atoms with Crippen LogP contribution in [0.2, 0.25) is 0 Å². The van der Waals surface area contributed by atoms with Gasteiger partial charge in [0.15, 0.2) is 11.0 Å². The molecule has 1 aliphatic heterocycles. The van der Waals surface area contributed by atoms with E-state index in [1.54, 1.807) is 18.3 Å². The van der Waals surface area contributed by atoms with E-state index in [4.69, 9.17) is 0 Å². The fraction of sp³-hybridized carbons (Fsp3) is 0.688. The van der Waals surface area contributed by atoms with Gasteiger partial charge in [0.2, 0.25) is 0 Å². The van der Waals surface area contributed by atoms with Gasteiger partial charge in [0.1, 0.15) is 5.78 Å². The number of rotatable bonds is 8. The van der Waals surface area contributed by atoms with E-state index in [2.05, 4.69) is 42.7 Å². The summed E-state index contributed by atoms with van der Waals surface area (Å²) in [4.78, 5) is 20.3. The number of anilines is 1. The first-order valence-electron chi connectivity index (χ1n) is 8.83. The van der Waals surface area contributed by atoms with Crippen molar-refractivity contribution in [1.29, 1.82) is 0 Å². The maximum absolute atomic E-state index is 12.2. The van der Waals surface area contributed by atoms with Gasteiger partial charge in [0.25, 0.3) is 0 Å². The molecule has 9 heteroatoms. The van der Waals surface area contributed by atoms with Crippen molar-refractivity contribution in [3.05, 3.63) is 16.9 Å². The van der Waals surface area contributed by atoms with Crippen molar-refractivity contribution in [2.24, 2.45) is 5.92 Å². The Balaban J connectivity index is 1.78. The first kappa shape index (κ1) is 17.9. The Morgan fingerprint density at radius 3 is 2.84 bits per heavy atom. The monoisotopic (exact) mass is 363 g/mol. The SMILES string of the molecule is CCC[C@H](C(C)=O)[C@H](Cc1cnc(N2CCNCC2)s1)c1nnn[nH]1. The van der Waals surface area contributed by atoms with Crippen LogP contribution in [0.3, 0.4) is 0 Å². The molecule has 2 aromatic heterocycles. The third kappa shape index (κ3) is 4.40. The van der Waals surface area contributed by atoms with Crippen molar-refractivity contribution in [2.75, 3.05) is 31.1 Å². The van der Waals surface area contributed by atoms with Crippen LogP contribution >= 0.6 is 11.3 Å². The summed E-state index contributed by atoms with van der Waals surface area (Å²) >= 11 is 1.71. The fourth-order valence-corrected chi connectivity index (χ4v) is 4.38. The van der Waals surface area contributed by atoms with E-state index in [0.717, 1.165) is 55.5 Å². The lowest BCUT2D eigenvalue weighted by atomic mass is 9.82. The highest BCUT2D eigenvalue weighted by molar-refractivity contribution is 7.15. The number of tetrazole rings is 1. The molecule has 3 rings (SSSR count). The number of hydrogen-bond acceptors (Lipinski definition) is 8. The molecule has 25 heavy (non-hydrogen) atoms. The number of carbonyl (C=O) groups is 1. The van der Waals surface area contributed by atoms with Crippen molar-refractivity contribution >= 4 is 22.3 Å². The zero-order valence-corrected chi connectivity index (χ0v) is 15.6. The molecule has 0 spiro atoms. The number of Topliss-reactive ketones (excluding diaryl/α,β-unsaturated/α-hetero) is 1. The van der Waals surface area contributed by atoms with E-state index in [1.807, 2.05) is 6.20 Å². The van der Waals surface area contributed by atoms with Gasteiger partial charge in [0, 0.05) is 49.1 Å². The summed E-state index contributed by atoms with van der Waals surface area (Å²) in [7, 11) is 0. The van der Waals surface area contributed by atoms with E-state index in [1.165, 1.54) is 0 Å². The van der Waals surface area contributed by atoms with E-state index < -0.39 is 0 Å². The number of nitrogens with zero attached hydrogens (tertiary/aromatic N) is 5. The van der Waals surface area contributed by atoms with Crippen LogP contribution in [-0.2, 0) is 11.2 Å². The molecule has 0 bridgehead atoms. The summed E-state index contributed by atoms with van der Waals surface area (Å²) in [6, 6.07) is 0. The van der Waals surface area contributed by atoms with Crippen LogP contribution in [0.15, 0.2) is 6.20 Å². The topological polar surface area (TPSA) is 99.7 Å². The van der Waals surface area contributed by atoms with Crippen LogP contribution < -0.4 is 10.2 Å². The smallest absolute Gasteiger partial charge is 0.185 e. The minimum atomic E-state index is -0.0792. The Bertz CT molecular complexity index is 666. The Morgan fingerprint density at radius 2 is 2.20 bits per heavy atom. The second kappa shape index (κ2) is 8.48. The van der Waals surface area contributed by atoms with Gasteiger partial charge in [0.05, 0.1) is 0 Å². The minimum Gasteiger partial charge on any atom is -0.346 e. The third-order valence-corrected chi connectivity index (χ3v) is 5.75. The largest absolute Gasteiger partial charge is 0.346 e. The first-order valence-corrected chi connectivity index (χ1v) is 9.65. The Morgan fingerprint density at radius 1 is 1.40 bits per heavy atom. The summed E-state index contributed by atoms with van der Waals surface area (Å²) in [6.45, 7) is 7.70. The molecule has 0 unspecified atom stereocenters. The van der Waals surface area contributed by atoms with Crippen LogP contribution in [0.25, 0.3) is 0 Å². The van der Waals surface area contributed by atoms with Gasteiger partial charge in [-0.25, -0.2) is 10.1 Å². The predicted molar refractivity (Wildman–Crippen MR) is 96.9 cm³/mol. The molecule has 0 aromatic carbocycles. The summed E-state index contributed by atoms with van der Waals surface area (Å²) in [5, 5.41) is 18.8. The molecule has 1 fully saturated rings. The van der Waals surface area contributed by atoms with Crippen molar-refractivity contribution in [1.82, 2.24) is 30.9 Å². The molecule has 1 saturated heterocycles. The molecule has 0 saturated carbocycles. The Kier molecular flexibility index (Phi) is 6.09. The number of piperazine rings is 1. The Hall–Kier alpha value is -1.87. The molecule has 3 heterocycles. The van der Waals surface area contributed by atoms with Gasteiger partial charge in [-0.15, -0.1) is 16.4 Å². The van der Waals surface area contributed by atoms with E-state index >= 15 is 0 Å². The number of thiazole rings is 1. The fourth-order valence-electron chi connectivity index (χ4n) is 3.36. The van der Waals surface area contributed by atoms with Crippen molar-refractivity contribution in [3.63, 3.8) is 0 Å². The average molecular weight is 363 g/mol. The quantitative estimate of drug-likeness (QED) is 0.731. The number of ketones is 1. The van der Waals surface area contributed by atoms with Gasteiger partial charge in [-0.1, -0.05) is 13.3 Å².